The number of rotatable bonds is 5. The number of hydrogen-bond donors (Lipinski definition) is 3. The zero-order valence-electron chi connectivity index (χ0n) is 17.4. The van der Waals surface area contributed by atoms with E-state index in [1.54, 1.807) is 4.90 Å². The van der Waals surface area contributed by atoms with Crippen molar-refractivity contribution in [2.75, 3.05) is 23.7 Å². The fourth-order valence-corrected chi connectivity index (χ4v) is 3.23. The fraction of sp³-hybridized carbons (Fsp3) is 0.429. The molecule has 0 radical (unpaired) electrons. The van der Waals surface area contributed by atoms with Crippen LogP contribution < -0.4 is 10.6 Å². The molecule has 0 aliphatic carbocycles. The average Bonchev–Trinajstić information content (AvgIpc) is 2.67. The molecule has 0 saturated carbocycles. The third-order valence-corrected chi connectivity index (χ3v) is 4.51. The molecule has 160 valence electrons. The topological polar surface area (TPSA) is 117 Å². The molecule has 1 aromatic carbocycles. The molecule has 2 aromatic rings. The number of carboxylic acids is 1. The molecular weight excluding hydrogens is 386 g/mol. The number of likely N-dealkylation sites (tertiary alicyclic amines) is 1. The molecule has 1 amide bonds. The number of amides is 1. The quantitative estimate of drug-likeness (QED) is 0.679. The average molecular weight is 413 g/mol. The Bertz CT molecular complexity index is 898. The van der Waals surface area contributed by atoms with E-state index in [9.17, 15) is 14.7 Å². The van der Waals surface area contributed by atoms with Gasteiger partial charge >= 0.3 is 12.1 Å². The number of carbonyl (C=O) groups excluding carboxylic acids is 1. The summed E-state index contributed by atoms with van der Waals surface area (Å²) in [6.07, 6.45) is 2.50. The molecule has 1 aliphatic rings. The van der Waals surface area contributed by atoms with Gasteiger partial charge in [0.2, 0.25) is 0 Å². The van der Waals surface area contributed by atoms with Gasteiger partial charge in [0, 0.05) is 24.8 Å². The summed E-state index contributed by atoms with van der Waals surface area (Å²) in [7, 11) is 0. The minimum Gasteiger partial charge on any atom is -0.477 e. The number of ether oxygens (including phenoxy) is 1. The standard InChI is InChI=1S/C21H27N5O4/c1-21(2,3)30-20(29)26-11-7-10-15(12-26)25-18-16(19(27)28)17(22-13-23-18)24-14-8-5-4-6-9-14/h4-6,8-9,13,15H,7,10-12H2,1-3H3,(H,27,28)(H2,22,23,24,25)/t15-/m1/s1. The molecule has 3 N–H and O–H groups in total. The number of aromatic nitrogens is 2. The van der Waals surface area contributed by atoms with E-state index in [4.69, 9.17) is 4.74 Å². The molecule has 0 spiro atoms. The Morgan fingerprint density at radius 1 is 1.17 bits per heavy atom. The van der Waals surface area contributed by atoms with Crippen molar-refractivity contribution >= 4 is 29.4 Å². The van der Waals surface area contributed by atoms with Crippen LogP contribution in [0.15, 0.2) is 36.7 Å². The SMILES string of the molecule is CC(C)(C)OC(=O)N1CCC[C@@H](Nc2ncnc(Nc3ccccc3)c2C(=O)O)C1. The van der Waals surface area contributed by atoms with Crippen molar-refractivity contribution in [2.24, 2.45) is 0 Å². The van der Waals surface area contributed by atoms with Crippen molar-refractivity contribution in [2.45, 2.75) is 45.3 Å². The molecule has 1 atom stereocenters. The summed E-state index contributed by atoms with van der Waals surface area (Å²) in [6, 6.07) is 9.05. The lowest BCUT2D eigenvalue weighted by atomic mass is 10.1. The molecule has 9 nitrogen and oxygen atoms in total. The van der Waals surface area contributed by atoms with Crippen LogP contribution >= 0.6 is 0 Å². The highest BCUT2D eigenvalue weighted by Crippen LogP contribution is 2.25. The number of piperidine rings is 1. The fourth-order valence-electron chi connectivity index (χ4n) is 3.23. The van der Waals surface area contributed by atoms with Crippen LogP contribution in [0.4, 0.5) is 22.1 Å². The second-order valence-electron chi connectivity index (χ2n) is 8.15. The summed E-state index contributed by atoms with van der Waals surface area (Å²) in [5.74, 6) is -0.727. The summed E-state index contributed by atoms with van der Waals surface area (Å²) in [5.41, 5.74) is 0.104. The Morgan fingerprint density at radius 2 is 1.87 bits per heavy atom. The third-order valence-electron chi connectivity index (χ3n) is 4.51. The minimum absolute atomic E-state index is 0.0456. The zero-order valence-corrected chi connectivity index (χ0v) is 17.4. The molecule has 1 aromatic heterocycles. The number of hydrogen-bond acceptors (Lipinski definition) is 7. The van der Waals surface area contributed by atoms with E-state index in [1.807, 2.05) is 51.1 Å². The Labute approximate surface area is 175 Å². The number of nitrogens with one attached hydrogen (secondary N) is 2. The Kier molecular flexibility index (Phi) is 6.39. The van der Waals surface area contributed by atoms with Crippen molar-refractivity contribution in [1.29, 1.82) is 0 Å². The van der Waals surface area contributed by atoms with Gasteiger partial charge in [0.25, 0.3) is 0 Å². The van der Waals surface area contributed by atoms with Gasteiger partial charge in [0.05, 0.1) is 0 Å². The third kappa shape index (κ3) is 5.59. The van der Waals surface area contributed by atoms with Crippen LogP contribution in [0, 0.1) is 0 Å². The van der Waals surface area contributed by atoms with Crippen molar-refractivity contribution in [3.63, 3.8) is 0 Å². The van der Waals surface area contributed by atoms with Gasteiger partial charge in [-0.05, 0) is 45.7 Å². The number of benzene rings is 1. The number of anilines is 3. The highest BCUT2D eigenvalue weighted by molar-refractivity contribution is 5.99. The Hall–Kier alpha value is -3.36. The van der Waals surface area contributed by atoms with E-state index >= 15 is 0 Å². The summed E-state index contributed by atoms with van der Waals surface area (Å²) in [4.78, 5) is 34.2. The lowest BCUT2D eigenvalue weighted by molar-refractivity contribution is 0.0205. The van der Waals surface area contributed by atoms with Crippen LogP contribution in [-0.2, 0) is 4.74 Å². The van der Waals surface area contributed by atoms with Crippen molar-refractivity contribution in [3.8, 4) is 0 Å². The molecule has 1 saturated heterocycles. The minimum atomic E-state index is -1.14. The second kappa shape index (κ2) is 8.98. The lowest BCUT2D eigenvalue weighted by Gasteiger charge is -2.34. The van der Waals surface area contributed by atoms with E-state index in [0.717, 1.165) is 18.5 Å². The van der Waals surface area contributed by atoms with Crippen molar-refractivity contribution in [3.05, 3.63) is 42.2 Å². The van der Waals surface area contributed by atoms with E-state index in [2.05, 4.69) is 20.6 Å². The molecule has 9 heteroatoms. The first-order chi connectivity index (χ1) is 14.2. The maximum atomic E-state index is 12.4. The first-order valence-electron chi connectivity index (χ1n) is 9.88. The molecule has 1 fully saturated rings. The van der Waals surface area contributed by atoms with Gasteiger partial charge in [-0.3, -0.25) is 0 Å². The van der Waals surface area contributed by atoms with Crippen LogP contribution in [0.25, 0.3) is 0 Å². The smallest absolute Gasteiger partial charge is 0.410 e. The van der Waals surface area contributed by atoms with E-state index < -0.39 is 11.6 Å². The maximum absolute atomic E-state index is 12.4. The molecule has 0 bridgehead atoms. The first-order valence-corrected chi connectivity index (χ1v) is 9.88. The van der Waals surface area contributed by atoms with Gasteiger partial charge in [-0.1, -0.05) is 18.2 Å². The zero-order chi connectivity index (χ0) is 21.7. The molecular formula is C21H27N5O4. The summed E-state index contributed by atoms with van der Waals surface area (Å²) < 4.78 is 5.45. The van der Waals surface area contributed by atoms with Crippen molar-refractivity contribution in [1.82, 2.24) is 14.9 Å². The number of carboxylic acid groups (broad SMARTS) is 1. The summed E-state index contributed by atoms with van der Waals surface area (Å²) in [5, 5.41) is 16.0. The van der Waals surface area contributed by atoms with Gasteiger partial charge in [-0.15, -0.1) is 0 Å². The Morgan fingerprint density at radius 3 is 2.53 bits per heavy atom. The van der Waals surface area contributed by atoms with Crippen molar-refractivity contribution < 1.29 is 19.4 Å². The van der Waals surface area contributed by atoms with Gasteiger partial charge in [-0.2, -0.15) is 0 Å². The van der Waals surface area contributed by atoms with Crippen LogP contribution in [0.3, 0.4) is 0 Å². The highest BCUT2D eigenvalue weighted by Gasteiger charge is 2.29. The lowest BCUT2D eigenvalue weighted by Crippen LogP contribution is -2.47. The van der Waals surface area contributed by atoms with Gasteiger partial charge in [-0.25, -0.2) is 19.6 Å². The predicted molar refractivity (Wildman–Crippen MR) is 113 cm³/mol. The van der Waals surface area contributed by atoms with E-state index in [-0.39, 0.29) is 29.3 Å². The summed E-state index contributed by atoms with van der Waals surface area (Å²) in [6.45, 7) is 6.48. The number of para-hydroxylation sites is 1. The van der Waals surface area contributed by atoms with Crippen LogP contribution in [0.2, 0.25) is 0 Å². The van der Waals surface area contributed by atoms with Crippen LogP contribution in [0.1, 0.15) is 44.0 Å². The monoisotopic (exact) mass is 413 g/mol. The summed E-state index contributed by atoms with van der Waals surface area (Å²) >= 11 is 0. The molecule has 3 rings (SSSR count). The first kappa shape index (κ1) is 21.4. The van der Waals surface area contributed by atoms with Gasteiger partial charge < -0.3 is 25.4 Å². The van der Waals surface area contributed by atoms with E-state index in [0.29, 0.717) is 13.1 Å². The van der Waals surface area contributed by atoms with E-state index in [1.165, 1.54) is 6.33 Å². The maximum Gasteiger partial charge on any atom is 0.410 e. The second-order valence-corrected chi connectivity index (χ2v) is 8.15. The normalized spacial score (nSPS) is 16.6. The molecule has 1 aliphatic heterocycles. The number of nitrogens with zero attached hydrogens (tertiary/aromatic N) is 3. The molecule has 0 unspecified atom stereocenters. The predicted octanol–water partition coefficient (Wildman–Crippen LogP) is 3.73. The highest BCUT2D eigenvalue weighted by atomic mass is 16.6. The molecule has 30 heavy (non-hydrogen) atoms. The van der Waals surface area contributed by atoms with Crippen LogP contribution in [-0.4, -0.2) is 56.8 Å². The Balaban J connectivity index is 1.76. The largest absolute Gasteiger partial charge is 0.477 e. The van der Waals surface area contributed by atoms with Gasteiger partial charge in [0.1, 0.15) is 23.3 Å². The van der Waals surface area contributed by atoms with Crippen LogP contribution in [0.5, 0.6) is 0 Å². The number of aromatic carboxylic acids is 1. The van der Waals surface area contributed by atoms with Gasteiger partial charge in [0.15, 0.2) is 5.82 Å². The number of carbonyl (C=O) groups is 2. The molecule has 2 heterocycles.